The molecule has 1 aromatic carbocycles. The molecular weight excluding hydrogens is 212 g/mol. The first-order valence-electron chi connectivity index (χ1n) is 5.66. The lowest BCUT2D eigenvalue weighted by Crippen LogP contribution is -1.94. The SMILES string of the molecule is Cc1cncc(Nc2ccc(CCO)cc2)c1. The van der Waals surface area contributed by atoms with Crippen molar-refractivity contribution in [2.24, 2.45) is 0 Å². The Morgan fingerprint density at radius 1 is 1.12 bits per heavy atom. The molecule has 1 heterocycles. The molecule has 2 aromatic rings. The summed E-state index contributed by atoms with van der Waals surface area (Å²) in [6.07, 6.45) is 4.33. The summed E-state index contributed by atoms with van der Waals surface area (Å²) in [5.74, 6) is 0. The number of benzene rings is 1. The van der Waals surface area contributed by atoms with Crippen LogP contribution in [0.4, 0.5) is 11.4 Å². The highest BCUT2D eigenvalue weighted by atomic mass is 16.2. The highest BCUT2D eigenvalue weighted by molar-refractivity contribution is 5.59. The lowest BCUT2D eigenvalue weighted by atomic mass is 10.1. The maximum atomic E-state index is 8.83. The Balaban J connectivity index is 2.08. The van der Waals surface area contributed by atoms with Crippen molar-refractivity contribution in [1.82, 2.24) is 4.98 Å². The van der Waals surface area contributed by atoms with Gasteiger partial charge < -0.3 is 10.4 Å². The minimum atomic E-state index is 0.189. The van der Waals surface area contributed by atoms with Crippen molar-refractivity contribution >= 4 is 11.4 Å². The normalized spacial score (nSPS) is 10.2. The maximum absolute atomic E-state index is 8.83. The number of anilines is 2. The Labute approximate surface area is 101 Å². The summed E-state index contributed by atoms with van der Waals surface area (Å²) in [5, 5.41) is 12.1. The number of aromatic nitrogens is 1. The number of aryl methyl sites for hydroxylation is 1. The Morgan fingerprint density at radius 3 is 2.53 bits per heavy atom. The molecule has 0 atom stereocenters. The van der Waals surface area contributed by atoms with Crippen LogP contribution in [0.5, 0.6) is 0 Å². The van der Waals surface area contributed by atoms with Crippen LogP contribution in [-0.4, -0.2) is 16.7 Å². The first kappa shape index (κ1) is 11.6. The van der Waals surface area contributed by atoms with Gasteiger partial charge in [-0.2, -0.15) is 0 Å². The van der Waals surface area contributed by atoms with Crippen LogP contribution in [0.1, 0.15) is 11.1 Å². The van der Waals surface area contributed by atoms with Crippen molar-refractivity contribution in [2.45, 2.75) is 13.3 Å². The third-order valence-electron chi connectivity index (χ3n) is 2.52. The summed E-state index contributed by atoms with van der Waals surface area (Å²) in [5.41, 5.74) is 4.28. The predicted molar refractivity (Wildman–Crippen MR) is 69.5 cm³/mol. The van der Waals surface area contributed by atoms with Crippen molar-refractivity contribution in [1.29, 1.82) is 0 Å². The van der Waals surface area contributed by atoms with Crippen LogP contribution in [0.15, 0.2) is 42.7 Å². The quantitative estimate of drug-likeness (QED) is 0.845. The highest BCUT2D eigenvalue weighted by Gasteiger charge is 1.96. The van der Waals surface area contributed by atoms with E-state index in [0.29, 0.717) is 6.42 Å². The predicted octanol–water partition coefficient (Wildman–Crippen LogP) is 2.67. The second-order valence-electron chi connectivity index (χ2n) is 4.05. The zero-order valence-electron chi connectivity index (χ0n) is 9.85. The molecule has 0 saturated heterocycles. The molecule has 3 nitrogen and oxygen atoms in total. The molecule has 2 rings (SSSR count). The zero-order valence-corrected chi connectivity index (χ0v) is 9.85. The van der Waals surface area contributed by atoms with Gasteiger partial charge in [0.2, 0.25) is 0 Å². The first-order chi connectivity index (χ1) is 8.28. The van der Waals surface area contributed by atoms with Gasteiger partial charge in [0.25, 0.3) is 0 Å². The highest BCUT2D eigenvalue weighted by Crippen LogP contribution is 2.17. The van der Waals surface area contributed by atoms with Crippen molar-refractivity contribution < 1.29 is 5.11 Å². The Hall–Kier alpha value is -1.87. The topological polar surface area (TPSA) is 45.2 Å². The number of aliphatic hydroxyl groups is 1. The fourth-order valence-electron chi connectivity index (χ4n) is 1.67. The van der Waals surface area contributed by atoms with Gasteiger partial charge in [0.15, 0.2) is 0 Å². The molecule has 3 heteroatoms. The maximum Gasteiger partial charge on any atom is 0.0573 e. The minimum Gasteiger partial charge on any atom is -0.396 e. The molecule has 1 aromatic heterocycles. The van der Waals surface area contributed by atoms with Gasteiger partial charge in [0.1, 0.15) is 0 Å². The molecule has 88 valence electrons. The van der Waals surface area contributed by atoms with E-state index in [4.69, 9.17) is 5.11 Å². The van der Waals surface area contributed by atoms with Crippen molar-refractivity contribution in [3.8, 4) is 0 Å². The fourth-order valence-corrected chi connectivity index (χ4v) is 1.67. The number of pyridine rings is 1. The summed E-state index contributed by atoms with van der Waals surface area (Å²) >= 11 is 0. The lowest BCUT2D eigenvalue weighted by Gasteiger charge is -2.07. The van der Waals surface area contributed by atoms with Crippen LogP contribution in [-0.2, 0) is 6.42 Å². The van der Waals surface area contributed by atoms with E-state index in [1.807, 2.05) is 37.4 Å². The zero-order chi connectivity index (χ0) is 12.1. The molecule has 2 N–H and O–H groups in total. The molecule has 0 spiro atoms. The average Bonchev–Trinajstić information content (AvgIpc) is 2.32. The number of rotatable bonds is 4. The lowest BCUT2D eigenvalue weighted by molar-refractivity contribution is 0.299. The van der Waals surface area contributed by atoms with Crippen LogP contribution in [0.25, 0.3) is 0 Å². The van der Waals surface area contributed by atoms with Crippen LogP contribution < -0.4 is 5.32 Å². The van der Waals surface area contributed by atoms with E-state index >= 15 is 0 Å². The minimum absolute atomic E-state index is 0.189. The number of aliphatic hydroxyl groups excluding tert-OH is 1. The third-order valence-corrected chi connectivity index (χ3v) is 2.52. The van der Waals surface area contributed by atoms with Gasteiger partial charge in [0, 0.05) is 18.5 Å². The van der Waals surface area contributed by atoms with Crippen molar-refractivity contribution in [2.75, 3.05) is 11.9 Å². The van der Waals surface area contributed by atoms with Crippen LogP contribution in [0.2, 0.25) is 0 Å². The number of hydrogen-bond donors (Lipinski definition) is 2. The van der Waals surface area contributed by atoms with Gasteiger partial charge in [-0.15, -0.1) is 0 Å². The van der Waals surface area contributed by atoms with Crippen LogP contribution in [0, 0.1) is 6.92 Å². The average molecular weight is 228 g/mol. The fraction of sp³-hybridized carbons (Fsp3) is 0.214. The standard InChI is InChI=1S/C14H16N2O/c1-11-8-14(10-15-9-11)16-13-4-2-12(3-5-13)6-7-17/h2-5,8-10,16-17H,6-7H2,1H3. The Kier molecular flexibility index (Phi) is 3.73. The van der Waals surface area contributed by atoms with E-state index < -0.39 is 0 Å². The van der Waals surface area contributed by atoms with Gasteiger partial charge in [-0.1, -0.05) is 12.1 Å². The summed E-state index contributed by atoms with van der Waals surface area (Å²) in [6, 6.07) is 10.1. The number of nitrogens with one attached hydrogen (secondary N) is 1. The monoisotopic (exact) mass is 228 g/mol. The molecule has 0 aliphatic heterocycles. The molecule has 0 saturated carbocycles. The van der Waals surface area contributed by atoms with Crippen molar-refractivity contribution in [3.63, 3.8) is 0 Å². The van der Waals surface area contributed by atoms with E-state index in [9.17, 15) is 0 Å². The van der Waals surface area contributed by atoms with E-state index in [-0.39, 0.29) is 6.61 Å². The molecule has 0 radical (unpaired) electrons. The van der Waals surface area contributed by atoms with Crippen LogP contribution >= 0.6 is 0 Å². The molecular formula is C14H16N2O. The third kappa shape index (κ3) is 3.29. The summed E-state index contributed by atoms with van der Waals surface area (Å²) in [4.78, 5) is 4.13. The smallest absolute Gasteiger partial charge is 0.0573 e. The molecule has 0 unspecified atom stereocenters. The van der Waals surface area contributed by atoms with E-state index in [0.717, 1.165) is 22.5 Å². The second kappa shape index (κ2) is 5.46. The summed E-state index contributed by atoms with van der Waals surface area (Å²) < 4.78 is 0. The molecule has 0 bridgehead atoms. The largest absolute Gasteiger partial charge is 0.396 e. The van der Waals surface area contributed by atoms with Gasteiger partial charge in [-0.3, -0.25) is 4.98 Å². The first-order valence-corrected chi connectivity index (χ1v) is 5.66. The molecule has 17 heavy (non-hydrogen) atoms. The van der Waals surface area contributed by atoms with E-state index in [1.165, 1.54) is 0 Å². The van der Waals surface area contributed by atoms with Gasteiger partial charge >= 0.3 is 0 Å². The van der Waals surface area contributed by atoms with Crippen LogP contribution in [0.3, 0.4) is 0 Å². The molecule has 0 fully saturated rings. The molecule has 0 aliphatic rings. The molecule has 0 aliphatic carbocycles. The number of hydrogen-bond acceptors (Lipinski definition) is 3. The number of nitrogens with zero attached hydrogens (tertiary/aromatic N) is 1. The van der Waals surface area contributed by atoms with E-state index in [2.05, 4.69) is 16.4 Å². The summed E-state index contributed by atoms with van der Waals surface area (Å²) in [6.45, 7) is 2.21. The second-order valence-corrected chi connectivity index (χ2v) is 4.05. The summed E-state index contributed by atoms with van der Waals surface area (Å²) in [7, 11) is 0. The van der Waals surface area contributed by atoms with Gasteiger partial charge in [-0.25, -0.2) is 0 Å². The van der Waals surface area contributed by atoms with Gasteiger partial charge in [-0.05, 0) is 42.7 Å². The Bertz CT molecular complexity index is 480. The van der Waals surface area contributed by atoms with E-state index in [1.54, 1.807) is 6.20 Å². The Morgan fingerprint density at radius 2 is 1.88 bits per heavy atom. The van der Waals surface area contributed by atoms with Gasteiger partial charge in [0.05, 0.1) is 11.9 Å². The molecule has 0 amide bonds. The van der Waals surface area contributed by atoms with Crippen molar-refractivity contribution in [3.05, 3.63) is 53.9 Å².